The lowest BCUT2D eigenvalue weighted by molar-refractivity contribution is -0.120. The summed E-state index contributed by atoms with van der Waals surface area (Å²) in [6, 6.07) is 15.3. The molecule has 0 unspecified atom stereocenters. The zero-order valence-electron chi connectivity index (χ0n) is 12.3. The van der Waals surface area contributed by atoms with Crippen LogP contribution >= 0.6 is 15.9 Å². The molecule has 1 amide bonds. The second-order valence-corrected chi connectivity index (χ2v) is 5.57. The van der Waals surface area contributed by atoms with Crippen LogP contribution in [0.15, 0.2) is 58.2 Å². The van der Waals surface area contributed by atoms with Gasteiger partial charge in [-0.25, -0.2) is 0 Å². The monoisotopic (exact) mass is 360 g/mol. The van der Waals surface area contributed by atoms with Gasteiger partial charge in [0.2, 0.25) is 0 Å². The van der Waals surface area contributed by atoms with Crippen molar-refractivity contribution in [3.63, 3.8) is 0 Å². The number of hydrogen-bond donors (Lipinski definition) is 1. The fourth-order valence-corrected chi connectivity index (χ4v) is 2.03. The number of halogens is 1. The van der Waals surface area contributed by atoms with Crippen LogP contribution in [0.25, 0.3) is 0 Å². The molecule has 0 atom stereocenters. The Kier molecular flexibility index (Phi) is 6.15. The third-order valence-electron chi connectivity index (χ3n) is 2.99. The molecule has 1 N–H and O–H groups in total. The van der Waals surface area contributed by atoms with E-state index in [4.69, 9.17) is 4.84 Å². The third kappa shape index (κ3) is 5.33. The molecular formula is C17H17BrN2O2. The van der Waals surface area contributed by atoms with Gasteiger partial charge in [-0.3, -0.25) is 4.79 Å². The molecule has 0 aliphatic rings. The number of carbonyl (C=O) groups is 1. The van der Waals surface area contributed by atoms with E-state index in [2.05, 4.69) is 33.3 Å². The molecule has 22 heavy (non-hydrogen) atoms. The van der Waals surface area contributed by atoms with Crippen LogP contribution in [0.2, 0.25) is 0 Å². The van der Waals surface area contributed by atoms with Gasteiger partial charge in [-0.15, -0.1) is 0 Å². The summed E-state index contributed by atoms with van der Waals surface area (Å²) >= 11 is 3.36. The SMILES string of the molecule is CCc1ccc(NC(=O)CO/N=C\c2ccc(Br)cc2)cc1. The first-order chi connectivity index (χ1) is 10.7. The maximum Gasteiger partial charge on any atom is 0.265 e. The lowest BCUT2D eigenvalue weighted by atomic mass is 10.1. The zero-order chi connectivity index (χ0) is 15.8. The average Bonchev–Trinajstić information content (AvgIpc) is 2.54. The molecule has 114 valence electrons. The molecule has 5 heteroatoms. The molecular weight excluding hydrogens is 344 g/mol. The summed E-state index contributed by atoms with van der Waals surface area (Å²) in [4.78, 5) is 16.7. The van der Waals surface area contributed by atoms with Crippen LogP contribution in [-0.4, -0.2) is 18.7 Å². The van der Waals surface area contributed by atoms with Crippen LogP contribution < -0.4 is 5.32 Å². The molecule has 0 heterocycles. The summed E-state index contributed by atoms with van der Waals surface area (Å²) in [5.74, 6) is -0.239. The van der Waals surface area contributed by atoms with Crippen LogP contribution in [0.4, 0.5) is 5.69 Å². The van der Waals surface area contributed by atoms with Crippen molar-refractivity contribution in [2.45, 2.75) is 13.3 Å². The van der Waals surface area contributed by atoms with E-state index in [1.165, 1.54) is 5.56 Å². The number of benzene rings is 2. The summed E-state index contributed by atoms with van der Waals surface area (Å²) in [7, 11) is 0. The van der Waals surface area contributed by atoms with Crippen LogP contribution in [0.5, 0.6) is 0 Å². The minimum atomic E-state index is -0.239. The molecule has 0 saturated carbocycles. The summed E-state index contributed by atoms with van der Waals surface area (Å²) in [6.45, 7) is 1.97. The molecule has 0 bridgehead atoms. The van der Waals surface area contributed by atoms with Gasteiger partial charge < -0.3 is 10.2 Å². The number of oxime groups is 1. The molecule has 0 aromatic heterocycles. The van der Waals surface area contributed by atoms with E-state index >= 15 is 0 Å². The van der Waals surface area contributed by atoms with Crippen LogP contribution in [0.1, 0.15) is 18.1 Å². The Morgan fingerprint density at radius 1 is 1.18 bits per heavy atom. The first kappa shape index (κ1) is 16.2. The average molecular weight is 361 g/mol. The highest BCUT2D eigenvalue weighted by Gasteiger charge is 2.02. The molecule has 2 aromatic rings. The van der Waals surface area contributed by atoms with E-state index in [9.17, 15) is 4.79 Å². The molecule has 4 nitrogen and oxygen atoms in total. The summed E-state index contributed by atoms with van der Waals surface area (Å²) < 4.78 is 0.999. The summed E-state index contributed by atoms with van der Waals surface area (Å²) in [5, 5.41) is 6.53. The Balaban J connectivity index is 1.76. The molecule has 2 rings (SSSR count). The molecule has 0 saturated heterocycles. The Morgan fingerprint density at radius 3 is 2.50 bits per heavy atom. The van der Waals surface area contributed by atoms with Crippen molar-refractivity contribution in [1.29, 1.82) is 0 Å². The van der Waals surface area contributed by atoms with Crippen LogP contribution in [-0.2, 0) is 16.1 Å². The number of carbonyl (C=O) groups excluding carboxylic acids is 1. The van der Waals surface area contributed by atoms with Crippen molar-refractivity contribution in [2.75, 3.05) is 11.9 Å². The van der Waals surface area contributed by atoms with E-state index in [0.717, 1.165) is 22.1 Å². The number of nitrogens with one attached hydrogen (secondary N) is 1. The molecule has 2 aromatic carbocycles. The quantitative estimate of drug-likeness (QED) is 0.625. The van der Waals surface area contributed by atoms with Gasteiger partial charge in [-0.05, 0) is 41.8 Å². The van der Waals surface area contributed by atoms with Gasteiger partial charge in [0.1, 0.15) is 0 Å². The van der Waals surface area contributed by atoms with E-state index in [-0.39, 0.29) is 12.5 Å². The first-order valence-electron chi connectivity index (χ1n) is 6.97. The number of rotatable bonds is 6. The Labute approximate surface area is 138 Å². The van der Waals surface area contributed by atoms with E-state index in [0.29, 0.717) is 0 Å². The van der Waals surface area contributed by atoms with E-state index in [1.807, 2.05) is 48.5 Å². The third-order valence-corrected chi connectivity index (χ3v) is 3.52. The van der Waals surface area contributed by atoms with Gasteiger partial charge in [0, 0.05) is 10.2 Å². The predicted octanol–water partition coefficient (Wildman–Crippen LogP) is 4.00. The first-order valence-corrected chi connectivity index (χ1v) is 7.76. The highest BCUT2D eigenvalue weighted by atomic mass is 79.9. The van der Waals surface area contributed by atoms with Gasteiger partial charge in [-0.2, -0.15) is 0 Å². The molecule has 0 aliphatic carbocycles. The van der Waals surface area contributed by atoms with E-state index < -0.39 is 0 Å². The van der Waals surface area contributed by atoms with Gasteiger partial charge in [-0.1, -0.05) is 52.3 Å². The Bertz CT molecular complexity index is 637. The molecule has 0 aliphatic heterocycles. The molecule has 0 radical (unpaired) electrons. The minimum Gasteiger partial charge on any atom is -0.386 e. The van der Waals surface area contributed by atoms with Gasteiger partial charge in [0.05, 0.1) is 6.21 Å². The number of nitrogens with zero attached hydrogens (tertiary/aromatic N) is 1. The van der Waals surface area contributed by atoms with Crippen LogP contribution in [0, 0.1) is 0 Å². The largest absolute Gasteiger partial charge is 0.386 e. The second kappa shape index (κ2) is 8.34. The Morgan fingerprint density at radius 2 is 1.86 bits per heavy atom. The van der Waals surface area contributed by atoms with Crippen molar-refractivity contribution in [2.24, 2.45) is 5.16 Å². The van der Waals surface area contributed by atoms with Crippen molar-refractivity contribution in [3.8, 4) is 0 Å². The van der Waals surface area contributed by atoms with Crippen molar-refractivity contribution in [1.82, 2.24) is 0 Å². The summed E-state index contributed by atoms with van der Waals surface area (Å²) in [6.07, 6.45) is 2.54. The van der Waals surface area contributed by atoms with Crippen molar-refractivity contribution < 1.29 is 9.63 Å². The molecule has 0 spiro atoms. The fourth-order valence-electron chi connectivity index (χ4n) is 1.76. The number of hydrogen-bond acceptors (Lipinski definition) is 3. The van der Waals surface area contributed by atoms with Gasteiger partial charge in [0.25, 0.3) is 5.91 Å². The summed E-state index contributed by atoms with van der Waals surface area (Å²) in [5.41, 5.74) is 2.88. The minimum absolute atomic E-state index is 0.122. The number of anilines is 1. The van der Waals surface area contributed by atoms with Gasteiger partial charge in [0.15, 0.2) is 6.61 Å². The zero-order valence-corrected chi connectivity index (χ0v) is 13.8. The van der Waals surface area contributed by atoms with Crippen LogP contribution in [0.3, 0.4) is 0 Å². The maximum atomic E-state index is 11.7. The van der Waals surface area contributed by atoms with Crippen molar-refractivity contribution >= 4 is 33.7 Å². The standard InChI is InChI=1S/C17H17BrN2O2/c1-2-13-5-9-16(10-6-13)20-17(21)12-22-19-11-14-3-7-15(18)8-4-14/h3-11H,2,12H2,1H3,(H,20,21)/b19-11-. The second-order valence-electron chi connectivity index (χ2n) is 4.66. The lowest BCUT2D eigenvalue weighted by Gasteiger charge is -2.05. The fraction of sp³-hybridized carbons (Fsp3) is 0.176. The molecule has 0 fully saturated rings. The predicted molar refractivity (Wildman–Crippen MR) is 92.1 cm³/mol. The Hall–Kier alpha value is -2.14. The topological polar surface area (TPSA) is 50.7 Å². The normalized spacial score (nSPS) is 10.6. The van der Waals surface area contributed by atoms with Gasteiger partial charge >= 0.3 is 0 Å². The van der Waals surface area contributed by atoms with Crippen molar-refractivity contribution in [3.05, 3.63) is 64.1 Å². The van der Waals surface area contributed by atoms with E-state index in [1.54, 1.807) is 6.21 Å². The highest BCUT2D eigenvalue weighted by molar-refractivity contribution is 9.10. The lowest BCUT2D eigenvalue weighted by Crippen LogP contribution is -2.16. The smallest absolute Gasteiger partial charge is 0.265 e. The number of amides is 1. The highest BCUT2D eigenvalue weighted by Crippen LogP contribution is 2.10. The maximum absolute atomic E-state index is 11.7. The number of aryl methyl sites for hydroxylation is 1.